The van der Waals surface area contributed by atoms with E-state index in [1.54, 1.807) is 35.9 Å². The van der Waals surface area contributed by atoms with E-state index in [9.17, 15) is 9.18 Å². The molecule has 3 aromatic rings. The van der Waals surface area contributed by atoms with E-state index in [0.29, 0.717) is 18.0 Å². The standard InChI is InChI=1S/C24H24FN3OS/c25-19-5-3-17(4-6-19)21-16-28(24(29)18-7-10-26-11-8-18)23-9-12-27(15-22(21)23)14-20-2-1-13-30-20/h1-8,10-11,13,21-23H,9,12,14-16H2/t21-,22-,23-/m1/s1. The van der Waals surface area contributed by atoms with E-state index in [1.165, 1.54) is 17.0 Å². The van der Waals surface area contributed by atoms with Crippen molar-refractivity contribution in [3.05, 3.63) is 88.1 Å². The fourth-order valence-electron chi connectivity index (χ4n) is 5.03. The molecule has 2 fully saturated rings. The van der Waals surface area contributed by atoms with Crippen molar-refractivity contribution in [3.8, 4) is 0 Å². The molecule has 1 amide bonds. The molecule has 2 saturated heterocycles. The Morgan fingerprint density at radius 3 is 2.63 bits per heavy atom. The van der Waals surface area contributed by atoms with Crippen molar-refractivity contribution in [2.45, 2.75) is 24.9 Å². The topological polar surface area (TPSA) is 36.4 Å². The predicted molar refractivity (Wildman–Crippen MR) is 116 cm³/mol. The molecule has 2 aliphatic rings. The van der Waals surface area contributed by atoms with Gasteiger partial charge in [-0.2, -0.15) is 0 Å². The van der Waals surface area contributed by atoms with Crippen LogP contribution in [0.15, 0.2) is 66.3 Å². The van der Waals surface area contributed by atoms with E-state index in [2.05, 4.69) is 32.3 Å². The van der Waals surface area contributed by atoms with Gasteiger partial charge in [0.2, 0.25) is 0 Å². The molecular weight excluding hydrogens is 397 g/mol. The van der Waals surface area contributed by atoms with Gasteiger partial charge in [0, 0.05) is 66.9 Å². The van der Waals surface area contributed by atoms with Crippen molar-refractivity contribution in [2.75, 3.05) is 19.6 Å². The summed E-state index contributed by atoms with van der Waals surface area (Å²) < 4.78 is 13.5. The van der Waals surface area contributed by atoms with E-state index in [1.807, 2.05) is 12.1 Å². The quantitative estimate of drug-likeness (QED) is 0.626. The first-order chi connectivity index (χ1) is 14.7. The second-order valence-electron chi connectivity index (χ2n) is 8.19. The molecule has 0 bridgehead atoms. The summed E-state index contributed by atoms with van der Waals surface area (Å²) in [6.45, 7) is 3.56. The van der Waals surface area contributed by atoms with Gasteiger partial charge in [-0.25, -0.2) is 4.39 Å². The van der Waals surface area contributed by atoms with Crippen LogP contribution >= 0.6 is 11.3 Å². The summed E-state index contributed by atoms with van der Waals surface area (Å²) >= 11 is 1.79. The number of halogens is 1. The van der Waals surface area contributed by atoms with Gasteiger partial charge in [0.05, 0.1) is 0 Å². The summed E-state index contributed by atoms with van der Waals surface area (Å²) in [6, 6.07) is 14.9. The highest BCUT2D eigenvalue weighted by molar-refractivity contribution is 7.09. The summed E-state index contributed by atoms with van der Waals surface area (Å²) in [4.78, 5) is 23.3. The van der Waals surface area contributed by atoms with E-state index in [4.69, 9.17) is 0 Å². The Balaban J connectivity index is 1.42. The Hall–Kier alpha value is -2.57. The zero-order valence-corrected chi connectivity index (χ0v) is 17.5. The van der Waals surface area contributed by atoms with Crippen molar-refractivity contribution >= 4 is 17.2 Å². The smallest absolute Gasteiger partial charge is 0.254 e. The number of likely N-dealkylation sites (tertiary alicyclic amines) is 2. The number of carbonyl (C=O) groups is 1. The fraction of sp³-hybridized carbons (Fsp3) is 0.333. The lowest BCUT2D eigenvalue weighted by molar-refractivity contribution is 0.0615. The Morgan fingerprint density at radius 2 is 1.90 bits per heavy atom. The average molecular weight is 422 g/mol. The molecule has 0 radical (unpaired) electrons. The van der Waals surface area contributed by atoms with Gasteiger partial charge in [-0.05, 0) is 47.7 Å². The predicted octanol–water partition coefficient (Wildman–Crippen LogP) is 4.41. The lowest BCUT2D eigenvalue weighted by Crippen LogP contribution is -2.47. The molecule has 4 heterocycles. The number of nitrogens with zero attached hydrogens (tertiary/aromatic N) is 3. The van der Waals surface area contributed by atoms with Crippen LogP contribution in [0, 0.1) is 11.7 Å². The van der Waals surface area contributed by atoms with Gasteiger partial charge in [-0.15, -0.1) is 11.3 Å². The maximum absolute atomic E-state index is 13.5. The van der Waals surface area contributed by atoms with Crippen LogP contribution in [-0.4, -0.2) is 46.4 Å². The Kier molecular flexibility index (Phi) is 5.35. The van der Waals surface area contributed by atoms with Crippen LogP contribution in [0.5, 0.6) is 0 Å². The number of thiophene rings is 1. The van der Waals surface area contributed by atoms with Crippen LogP contribution in [0.4, 0.5) is 4.39 Å². The minimum Gasteiger partial charge on any atom is -0.335 e. The normalized spacial score (nSPS) is 24.0. The summed E-state index contributed by atoms with van der Waals surface area (Å²) in [5, 5.41) is 2.12. The molecule has 1 aromatic carbocycles. The number of rotatable bonds is 4. The van der Waals surface area contributed by atoms with E-state index >= 15 is 0 Å². The first kappa shape index (κ1) is 19.4. The fourth-order valence-corrected chi connectivity index (χ4v) is 5.77. The number of aromatic nitrogens is 1. The maximum atomic E-state index is 13.5. The minimum atomic E-state index is -0.221. The molecule has 0 aliphatic carbocycles. The number of hydrogen-bond donors (Lipinski definition) is 0. The van der Waals surface area contributed by atoms with Crippen molar-refractivity contribution < 1.29 is 9.18 Å². The van der Waals surface area contributed by atoms with Gasteiger partial charge in [0.25, 0.3) is 5.91 Å². The van der Waals surface area contributed by atoms with Crippen molar-refractivity contribution in [1.29, 1.82) is 0 Å². The first-order valence-electron chi connectivity index (χ1n) is 10.4. The number of amides is 1. The second kappa shape index (κ2) is 8.28. The highest BCUT2D eigenvalue weighted by Crippen LogP contribution is 2.42. The molecule has 2 aliphatic heterocycles. The van der Waals surface area contributed by atoms with Crippen LogP contribution in [0.2, 0.25) is 0 Å². The summed E-state index contributed by atoms with van der Waals surface area (Å²) in [5.74, 6) is 0.409. The molecule has 2 aromatic heterocycles. The van der Waals surface area contributed by atoms with Gasteiger partial charge in [-0.1, -0.05) is 18.2 Å². The molecule has 6 heteroatoms. The number of hydrogen-bond acceptors (Lipinski definition) is 4. The number of pyridine rings is 1. The third kappa shape index (κ3) is 3.77. The van der Waals surface area contributed by atoms with E-state index < -0.39 is 0 Å². The highest BCUT2D eigenvalue weighted by atomic mass is 32.1. The minimum absolute atomic E-state index is 0.0729. The van der Waals surface area contributed by atoms with Crippen LogP contribution in [0.3, 0.4) is 0 Å². The SMILES string of the molecule is O=C(c1ccncc1)N1C[C@H](c2ccc(F)cc2)[C@H]2CN(Cc3cccs3)CC[C@H]21. The summed E-state index contributed by atoms with van der Waals surface area (Å²) in [6.07, 6.45) is 4.30. The monoisotopic (exact) mass is 421 g/mol. The number of carbonyl (C=O) groups excluding carboxylic acids is 1. The van der Waals surface area contributed by atoms with Crippen LogP contribution < -0.4 is 0 Å². The lowest BCUT2D eigenvalue weighted by atomic mass is 9.82. The maximum Gasteiger partial charge on any atom is 0.254 e. The van der Waals surface area contributed by atoms with Crippen molar-refractivity contribution in [1.82, 2.24) is 14.8 Å². The molecule has 4 nitrogen and oxygen atoms in total. The van der Waals surface area contributed by atoms with E-state index in [-0.39, 0.29) is 23.7 Å². The van der Waals surface area contributed by atoms with Crippen LogP contribution in [0.25, 0.3) is 0 Å². The number of benzene rings is 1. The molecule has 5 rings (SSSR count). The Morgan fingerprint density at radius 1 is 1.10 bits per heavy atom. The van der Waals surface area contributed by atoms with E-state index in [0.717, 1.165) is 31.6 Å². The van der Waals surface area contributed by atoms with Crippen LogP contribution in [0.1, 0.15) is 33.1 Å². The lowest BCUT2D eigenvalue weighted by Gasteiger charge is -2.38. The molecule has 0 unspecified atom stereocenters. The zero-order chi connectivity index (χ0) is 20.5. The van der Waals surface area contributed by atoms with Gasteiger partial charge in [0.15, 0.2) is 0 Å². The van der Waals surface area contributed by atoms with Gasteiger partial charge < -0.3 is 4.90 Å². The average Bonchev–Trinajstić information content (AvgIpc) is 3.42. The summed E-state index contributed by atoms with van der Waals surface area (Å²) in [7, 11) is 0. The Labute approximate surface area is 180 Å². The van der Waals surface area contributed by atoms with Gasteiger partial charge in [0.1, 0.15) is 5.82 Å². The highest BCUT2D eigenvalue weighted by Gasteiger charge is 2.47. The molecular formula is C24H24FN3OS. The molecule has 154 valence electrons. The second-order valence-corrected chi connectivity index (χ2v) is 9.22. The van der Waals surface area contributed by atoms with Gasteiger partial charge >= 0.3 is 0 Å². The largest absolute Gasteiger partial charge is 0.335 e. The van der Waals surface area contributed by atoms with Crippen molar-refractivity contribution in [2.24, 2.45) is 5.92 Å². The van der Waals surface area contributed by atoms with Gasteiger partial charge in [-0.3, -0.25) is 14.7 Å². The molecule has 0 saturated carbocycles. The first-order valence-corrected chi connectivity index (χ1v) is 11.3. The molecule has 3 atom stereocenters. The Bertz CT molecular complexity index is 993. The third-order valence-electron chi connectivity index (χ3n) is 6.46. The zero-order valence-electron chi connectivity index (χ0n) is 16.7. The molecule has 0 N–H and O–H groups in total. The number of fused-ring (bicyclic) bond motifs is 1. The molecule has 30 heavy (non-hydrogen) atoms. The number of piperidine rings is 1. The third-order valence-corrected chi connectivity index (χ3v) is 7.32. The van der Waals surface area contributed by atoms with Crippen LogP contribution in [-0.2, 0) is 6.54 Å². The summed E-state index contributed by atoms with van der Waals surface area (Å²) in [5.41, 5.74) is 1.80. The van der Waals surface area contributed by atoms with Crippen molar-refractivity contribution in [3.63, 3.8) is 0 Å². The molecule has 0 spiro atoms.